The second-order valence-corrected chi connectivity index (χ2v) is 5.17. The molecule has 0 aromatic carbocycles. The molecule has 2 nitrogen and oxygen atoms in total. The van der Waals surface area contributed by atoms with Crippen molar-refractivity contribution in [3.8, 4) is 0 Å². The number of halogens is 2. The smallest absolute Gasteiger partial charge is 0.308 e. The van der Waals surface area contributed by atoms with Crippen molar-refractivity contribution >= 4 is 29.2 Å². The molecule has 0 amide bonds. The molecule has 1 unspecified atom stereocenters. The van der Waals surface area contributed by atoms with Crippen LogP contribution in [0.4, 0.5) is 0 Å². The number of carbonyl (C=O) groups is 1. The van der Waals surface area contributed by atoms with E-state index in [1.807, 2.05) is 0 Å². The van der Waals surface area contributed by atoms with Gasteiger partial charge in [-0.05, 0) is 6.42 Å². The van der Waals surface area contributed by atoms with Gasteiger partial charge in [-0.15, -0.1) is 11.6 Å². The molecule has 0 saturated heterocycles. The summed E-state index contributed by atoms with van der Waals surface area (Å²) >= 11 is 11.3. The third-order valence-corrected chi connectivity index (χ3v) is 3.21. The molecule has 0 aliphatic heterocycles. The zero-order chi connectivity index (χ0) is 12.9. The van der Waals surface area contributed by atoms with Gasteiger partial charge < -0.3 is 4.74 Å². The lowest BCUT2D eigenvalue weighted by molar-refractivity contribution is -0.141. The van der Waals surface area contributed by atoms with Crippen molar-refractivity contribution in [1.29, 1.82) is 0 Å². The lowest BCUT2D eigenvalue weighted by Gasteiger charge is -2.08. The van der Waals surface area contributed by atoms with Crippen LogP contribution in [0.5, 0.6) is 0 Å². The highest BCUT2D eigenvalue weighted by Crippen LogP contribution is 2.15. The van der Waals surface area contributed by atoms with E-state index in [9.17, 15) is 4.79 Å². The Morgan fingerprint density at radius 3 is 2.29 bits per heavy atom. The number of carbonyl (C=O) groups excluding carboxylic acids is 1. The number of esters is 1. The minimum absolute atomic E-state index is 0.0835. The van der Waals surface area contributed by atoms with E-state index in [4.69, 9.17) is 23.2 Å². The molecule has 0 spiro atoms. The van der Waals surface area contributed by atoms with Gasteiger partial charge in [0.05, 0.1) is 6.42 Å². The molecule has 0 rings (SSSR count). The number of hydrogen-bond acceptors (Lipinski definition) is 2. The monoisotopic (exact) mass is 282 g/mol. The molecule has 0 N–H and O–H groups in total. The first-order chi connectivity index (χ1) is 8.20. The summed E-state index contributed by atoms with van der Waals surface area (Å²) in [5.41, 5.74) is 0. The Morgan fingerprint density at radius 1 is 1.12 bits per heavy atom. The molecular formula is C13H24Cl2O2. The van der Waals surface area contributed by atoms with E-state index >= 15 is 0 Å². The number of rotatable bonds is 11. The first kappa shape index (κ1) is 17.1. The fourth-order valence-electron chi connectivity index (χ4n) is 1.73. The van der Waals surface area contributed by atoms with E-state index in [0.29, 0.717) is 0 Å². The maximum Gasteiger partial charge on any atom is 0.308 e. The topological polar surface area (TPSA) is 26.3 Å². The third-order valence-electron chi connectivity index (χ3n) is 2.72. The lowest BCUT2D eigenvalue weighted by Crippen LogP contribution is -2.10. The van der Waals surface area contributed by atoms with Gasteiger partial charge in [-0.25, -0.2) is 0 Å². The van der Waals surface area contributed by atoms with Gasteiger partial charge in [0.2, 0.25) is 0 Å². The Labute approximate surface area is 115 Å². The fourth-order valence-corrected chi connectivity index (χ4v) is 2.13. The maximum atomic E-state index is 11.1. The molecule has 102 valence electrons. The minimum atomic E-state index is -0.303. The first-order valence-corrected chi connectivity index (χ1v) is 7.53. The fraction of sp³-hybridized carbons (Fsp3) is 0.923. The molecule has 0 saturated carbocycles. The molecule has 0 heterocycles. The van der Waals surface area contributed by atoms with Gasteiger partial charge in [0.25, 0.3) is 0 Å². The molecule has 0 aliphatic carbocycles. The molecule has 0 aliphatic rings. The van der Waals surface area contributed by atoms with Crippen LogP contribution >= 0.6 is 23.2 Å². The van der Waals surface area contributed by atoms with Crippen LogP contribution in [0, 0.1) is 0 Å². The summed E-state index contributed by atoms with van der Waals surface area (Å²) in [6, 6.07) is -0.0835. The van der Waals surface area contributed by atoms with Crippen LogP contribution in [-0.2, 0) is 9.53 Å². The van der Waals surface area contributed by atoms with Crippen LogP contribution in [0.25, 0.3) is 0 Å². The number of unbranched alkanes of at least 4 members (excludes halogenated alkanes) is 6. The van der Waals surface area contributed by atoms with Gasteiger partial charge in [0.15, 0.2) is 6.07 Å². The Balaban J connectivity index is 3.27. The van der Waals surface area contributed by atoms with Crippen molar-refractivity contribution in [2.45, 2.75) is 70.1 Å². The Bertz CT molecular complexity index is 186. The summed E-state index contributed by atoms with van der Waals surface area (Å²) in [5.74, 6) is -0.303. The minimum Gasteiger partial charge on any atom is -0.449 e. The predicted octanol–water partition coefficient (Wildman–Crippen LogP) is 4.86. The van der Waals surface area contributed by atoms with E-state index < -0.39 is 0 Å². The van der Waals surface area contributed by atoms with Crippen LogP contribution in [0.1, 0.15) is 64.7 Å². The average Bonchev–Trinajstić information content (AvgIpc) is 2.28. The van der Waals surface area contributed by atoms with Crippen molar-refractivity contribution in [2.24, 2.45) is 0 Å². The zero-order valence-electron chi connectivity index (χ0n) is 10.7. The number of ether oxygens (including phenoxy) is 1. The van der Waals surface area contributed by atoms with E-state index in [-0.39, 0.29) is 23.8 Å². The largest absolute Gasteiger partial charge is 0.449 e. The summed E-state index contributed by atoms with van der Waals surface area (Å²) in [6.45, 7) is 2.22. The van der Waals surface area contributed by atoms with Crippen LogP contribution in [-0.4, -0.2) is 17.4 Å². The first-order valence-electron chi connectivity index (χ1n) is 6.56. The summed E-state index contributed by atoms with van der Waals surface area (Å²) in [6.07, 6.45) is 9.99. The summed E-state index contributed by atoms with van der Waals surface area (Å²) in [4.78, 5) is 11.1. The van der Waals surface area contributed by atoms with Gasteiger partial charge >= 0.3 is 5.97 Å². The van der Waals surface area contributed by atoms with Gasteiger partial charge in [-0.2, -0.15) is 0 Å². The Kier molecular flexibility index (Phi) is 12.5. The van der Waals surface area contributed by atoms with E-state index in [2.05, 4.69) is 11.7 Å². The Hall–Kier alpha value is 0.0500. The van der Waals surface area contributed by atoms with E-state index in [0.717, 1.165) is 12.8 Å². The summed E-state index contributed by atoms with van der Waals surface area (Å²) < 4.78 is 4.63. The number of alkyl halides is 2. The van der Waals surface area contributed by atoms with Gasteiger partial charge in [-0.1, -0.05) is 63.5 Å². The molecule has 4 heteroatoms. The van der Waals surface area contributed by atoms with Crippen molar-refractivity contribution in [3.63, 3.8) is 0 Å². The quantitative estimate of drug-likeness (QED) is 0.307. The zero-order valence-corrected chi connectivity index (χ0v) is 12.2. The van der Waals surface area contributed by atoms with Crippen LogP contribution in [0.15, 0.2) is 0 Å². The normalized spacial score (nSPS) is 12.4. The molecular weight excluding hydrogens is 259 g/mol. The predicted molar refractivity (Wildman–Crippen MR) is 73.7 cm³/mol. The second kappa shape index (κ2) is 12.5. The summed E-state index contributed by atoms with van der Waals surface area (Å²) in [7, 11) is 0. The van der Waals surface area contributed by atoms with Crippen LogP contribution < -0.4 is 0 Å². The maximum absolute atomic E-state index is 11.1. The molecule has 0 bridgehead atoms. The number of hydrogen-bond donors (Lipinski definition) is 0. The highest BCUT2D eigenvalue weighted by Gasteiger charge is 2.11. The van der Waals surface area contributed by atoms with E-state index in [1.165, 1.54) is 38.5 Å². The van der Waals surface area contributed by atoms with Gasteiger partial charge in [0, 0.05) is 5.38 Å². The molecule has 1 atom stereocenters. The summed E-state index contributed by atoms with van der Waals surface area (Å²) in [5, 5.41) is -0.110. The SMILES string of the molecule is CCCCCCCCCC(Cl)CC(=O)OCCl. The lowest BCUT2D eigenvalue weighted by atomic mass is 10.1. The van der Waals surface area contributed by atoms with Gasteiger partial charge in [-0.3, -0.25) is 4.79 Å². The van der Waals surface area contributed by atoms with Crippen molar-refractivity contribution in [3.05, 3.63) is 0 Å². The van der Waals surface area contributed by atoms with Crippen LogP contribution in [0.3, 0.4) is 0 Å². The van der Waals surface area contributed by atoms with Gasteiger partial charge in [0.1, 0.15) is 0 Å². The third kappa shape index (κ3) is 12.3. The van der Waals surface area contributed by atoms with Crippen LogP contribution in [0.2, 0.25) is 0 Å². The van der Waals surface area contributed by atoms with Crippen molar-refractivity contribution in [1.82, 2.24) is 0 Å². The molecule has 0 aromatic rings. The Morgan fingerprint density at radius 2 is 1.71 bits per heavy atom. The van der Waals surface area contributed by atoms with Crippen molar-refractivity contribution < 1.29 is 9.53 Å². The molecule has 0 radical (unpaired) electrons. The molecule has 0 fully saturated rings. The highest BCUT2D eigenvalue weighted by atomic mass is 35.5. The standard InChI is InChI=1S/C13H24Cl2O2/c1-2-3-4-5-6-7-8-9-12(15)10-13(16)17-11-14/h12H,2-11H2,1H3. The highest BCUT2D eigenvalue weighted by molar-refractivity contribution is 6.21. The average molecular weight is 283 g/mol. The second-order valence-electron chi connectivity index (χ2n) is 4.34. The van der Waals surface area contributed by atoms with E-state index in [1.54, 1.807) is 0 Å². The molecule has 0 aromatic heterocycles. The van der Waals surface area contributed by atoms with Crippen molar-refractivity contribution in [2.75, 3.05) is 6.07 Å². The molecule has 17 heavy (non-hydrogen) atoms.